The maximum Gasteiger partial charge on any atom is 0.162 e. The van der Waals surface area contributed by atoms with Crippen LogP contribution in [0.5, 0.6) is 11.5 Å². The number of fused-ring (bicyclic) bond motifs is 1. The van der Waals surface area contributed by atoms with Crippen molar-refractivity contribution in [2.75, 3.05) is 13.2 Å². The van der Waals surface area contributed by atoms with Gasteiger partial charge in [0, 0.05) is 19.7 Å². The van der Waals surface area contributed by atoms with E-state index >= 15 is 0 Å². The van der Waals surface area contributed by atoms with Gasteiger partial charge in [-0.15, -0.1) is 11.6 Å². The fourth-order valence-electron chi connectivity index (χ4n) is 2.15. The average Bonchev–Trinajstić information content (AvgIpc) is 2.48. The first-order valence-electron chi connectivity index (χ1n) is 6.24. The van der Waals surface area contributed by atoms with Crippen LogP contribution in [-0.4, -0.2) is 13.2 Å². The van der Waals surface area contributed by atoms with Gasteiger partial charge in [0.15, 0.2) is 11.5 Å². The Morgan fingerprint density at radius 1 is 0.952 bits per heavy atom. The van der Waals surface area contributed by atoms with Gasteiger partial charge in [-0.3, -0.25) is 0 Å². The molecule has 1 heterocycles. The molecular weight excluding hydrogens is 445 g/mol. The Morgan fingerprint density at radius 2 is 1.62 bits per heavy atom. The number of hydrogen-bond donors (Lipinski definition) is 0. The maximum absolute atomic E-state index is 6.61. The van der Waals surface area contributed by atoms with E-state index in [2.05, 4.69) is 22.6 Å². The number of hydrogen-bond acceptors (Lipinski definition) is 2. The molecule has 0 aromatic heterocycles. The van der Waals surface area contributed by atoms with Crippen LogP contribution in [0.3, 0.4) is 0 Å². The number of halogens is 4. The van der Waals surface area contributed by atoms with E-state index in [1.165, 1.54) is 0 Å². The third kappa shape index (κ3) is 3.21. The number of rotatable bonds is 2. The van der Waals surface area contributed by atoms with Crippen molar-refractivity contribution in [3.05, 3.63) is 55.1 Å². The quantitative estimate of drug-likeness (QED) is 0.427. The van der Waals surface area contributed by atoms with E-state index in [0.29, 0.717) is 34.8 Å². The second-order valence-corrected chi connectivity index (χ2v) is 6.99. The Labute approximate surface area is 151 Å². The molecule has 0 saturated carbocycles. The monoisotopic (exact) mass is 454 g/mol. The minimum Gasteiger partial charge on any atom is -0.486 e. The number of alkyl halides is 1. The number of ether oxygens (including phenoxy) is 2. The van der Waals surface area contributed by atoms with Gasteiger partial charge in [-0.2, -0.15) is 0 Å². The van der Waals surface area contributed by atoms with Gasteiger partial charge < -0.3 is 9.47 Å². The van der Waals surface area contributed by atoms with E-state index in [1.807, 2.05) is 24.3 Å². The average molecular weight is 456 g/mol. The molecule has 1 aliphatic rings. The van der Waals surface area contributed by atoms with Crippen LogP contribution in [0.15, 0.2) is 30.3 Å². The molecule has 0 spiro atoms. The lowest BCUT2D eigenvalue weighted by molar-refractivity contribution is 0.171. The van der Waals surface area contributed by atoms with Crippen molar-refractivity contribution in [3.8, 4) is 11.5 Å². The second kappa shape index (κ2) is 6.41. The molecule has 0 aliphatic carbocycles. The third-order valence-corrected chi connectivity index (χ3v) is 5.18. The molecule has 0 amide bonds. The summed E-state index contributed by atoms with van der Waals surface area (Å²) in [6, 6.07) is 9.21. The van der Waals surface area contributed by atoms with Gasteiger partial charge in [0.1, 0.15) is 13.2 Å². The molecule has 1 aliphatic heterocycles. The van der Waals surface area contributed by atoms with Crippen molar-refractivity contribution in [1.82, 2.24) is 0 Å². The van der Waals surface area contributed by atoms with Gasteiger partial charge >= 0.3 is 0 Å². The van der Waals surface area contributed by atoms with E-state index in [4.69, 9.17) is 44.3 Å². The molecule has 21 heavy (non-hydrogen) atoms. The highest BCUT2D eigenvalue weighted by atomic mass is 127. The molecule has 2 aromatic rings. The normalized spacial score (nSPS) is 14.9. The predicted molar refractivity (Wildman–Crippen MR) is 94.3 cm³/mol. The Hall–Kier alpha value is -0.360. The molecule has 1 atom stereocenters. The van der Waals surface area contributed by atoms with Crippen LogP contribution in [0.4, 0.5) is 0 Å². The summed E-state index contributed by atoms with van der Waals surface area (Å²) < 4.78 is 12.1. The molecule has 6 heteroatoms. The van der Waals surface area contributed by atoms with Crippen molar-refractivity contribution >= 4 is 57.4 Å². The zero-order chi connectivity index (χ0) is 15.0. The predicted octanol–water partition coefficient (Wildman–Crippen LogP) is 5.70. The topological polar surface area (TPSA) is 18.5 Å². The molecular formula is C15H10Cl3IO2. The zero-order valence-electron chi connectivity index (χ0n) is 10.7. The summed E-state index contributed by atoms with van der Waals surface area (Å²) >= 11 is 21.3. The lowest BCUT2D eigenvalue weighted by Crippen LogP contribution is -2.15. The highest BCUT2D eigenvalue weighted by Gasteiger charge is 2.22. The van der Waals surface area contributed by atoms with Gasteiger partial charge in [0.25, 0.3) is 0 Å². The molecule has 0 fully saturated rings. The van der Waals surface area contributed by atoms with Gasteiger partial charge in [0.05, 0.1) is 5.38 Å². The standard InChI is InChI=1S/C15H10Cl3IO2/c16-8-1-2-12(19)10(5-8)15(18)9-6-13-14(7-11(9)17)21-4-3-20-13/h1-2,5-7,15H,3-4H2. The van der Waals surface area contributed by atoms with Crippen LogP contribution in [0.2, 0.25) is 10.0 Å². The van der Waals surface area contributed by atoms with Crippen LogP contribution in [-0.2, 0) is 0 Å². The Kier molecular flexibility index (Phi) is 4.74. The highest BCUT2D eigenvalue weighted by molar-refractivity contribution is 14.1. The third-order valence-electron chi connectivity index (χ3n) is 3.17. The molecule has 0 N–H and O–H groups in total. The smallest absolute Gasteiger partial charge is 0.162 e. The molecule has 2 aromatic carbocycles. The summed E-state index contributed by atoms with van der Waals surface area (Å²) in [6.07, 6.45) is 0. The maximum atomic E-state index is 6.61. The molecule has 3 rings (SSSR count). The minimum atomic E-state index is -0.404. The van der Waals surface area contributed by atoms with E-state index in [9.17, 15) is 0 Å². The van der Waals surface area contributed by atoms with Gasteiger partial charge in [-0.25, -0.2) is 0 Å². The fourth-order valence-corrected chi connectivity index (χ4v) is 3.84. The molecule has 1 unspecified atom stereocenters. The first kappa shape index (κ1) is 15.5. The first-order valence-corrected chi connectivity index (χ1v) is 8.51. The summed E-state index contributed by atoms with van der Waals surface area (Å²) in [4.78, 5) is 0. The largest absolute Gasteiger partial charge is 0.486 e. The molecule has 0 radical (unpaired) electrons. The zero-order valence-corrected chi connectivity index (χ0v) is 15.1. The summed E-state index contributed by atoms with van der Waals surface area (Å²) in [6.45, 7) is 1.05. The lowest BCUT2D eigenvalue weighted by atomic mass is 10.0. The van der Waals surface area contributed by atoms with Crippen LogP contribution in [0, 0.1) is 3.57 Å². The van der Waals surface area contributed by atoms with E-state index < -0.39 is 5.38 Å². The van der Waals surface area contributed by atoms with Crippen molar-refractivity contribution in [3.63, 3.8) is 0 Å². The van der Waals surface area contributed by atoms with Crippen molar-refractivity contribution < 1.29 is 9.47 Å². The lowest BCUT2D eigenvalue weighted by Gasteiger charge is -2.21. The summed E-state index contributed by atoms with van der Waals surface area (Å²) in [7, 11) is 0. The van der Waals surface area contributed by atoms with Crippen LogP contribution < -0.4 is 9.47 Å². The summed E-state index contributed by atoms with van der Waals surface area (Å²) in [5.74, 6) is 1.32. The van der Waals surface area contributed by atoms with E-state index in [0.717, 1.165) is 14.7 Å². The second-order valence-electron chi connectivity index (χ2n) is 4.55. The van der Waals surface area contributed by atoms with Crippen molar-refractivity contribution in [2.24, 2.45) is 0 Å². The van der Waals surface area contributed by atoms with Crippen LogP contribution in [0.25, 0.3) is 0 Å². The first-order chi connectivity index (χ1) is 10.1. The SMILES string of the molecule is Clc1ccc(I)c(C(Cl)c2cc3c(cc2Cl)OCCO3)c1. The molecule has 110 valence electrons. The van der Waals surface area contributed by atoms with Gasteiger partial charge in [-0.05, 0) is 58.0 Å². The highest BCUT2D eigenvalue weighted by Crippen LogP contribution is 2.42. The Balaban J connectivity index is 2.05. The Bertz CT molecular complexity index is 691. The van der Waals surface area contributed by atoms with Crippen LogP contribution in [0.1, 0.15) is 16.5 Å². The van der Waals surface area contributed by atoms with Crippen molar-refractivity contribution in [2.45, 2.75) is 5.38 Å². The summed E-state index contributed by atoms with van der Waals surface area (Å²) in [5.41, 5.74) is 1.70. The van der Waals surface area contributed by atoms with E-state index in [1.54, 1.807) is 6.07 Å². The van der Waals surface area contributed by atoms with Gasteiger partial charge in [-0.1, -0.05) is 23.2 Å². The van der Waals surface area contributed by atoms with Gasteiger partial charge in [0.2, 0.25) is 0 Å². The van der Waals surface area contributed by atoms with Crippen LogP contribution >= 0.6 is 57.4 Å². The molecule has 0 saturated heterocycles. The fraction of sp³-hybridized carbons (Fsp3) is 0.200. The molecule has 0 bridgehead atoms. The molecule has 2 nitrogen and oxygen atoms in total. The number of benzene rings is 2. The Morgan fingerprint density at radius 3 is 2.33 bits per heavy atom. The summed E-state index contributed by atoms with van der Waals surface area (Å²) in [5, 5.41) is 0.790. The van der Waals surface area contributed by atoms with Crippen molar-refractivity contribution in [1.29, 1.82) is 0 Å². The van der Waals surface area contributed by atoms with E-state index in [-0.39, 0.29) is 0 Å². The minimum absolute atomic E-state index is 0.404.